The molecule has 1 saturated carbocycles. The Morgan fingerprint density at radius 1 is 0.917 bits per heavy atom. The van der Waals surface area contributed by atoms with Crippen molar-refractivity contribution in [1.82, 2.24) is 14.7 Å². The second kappa shape index (κ2) is 10.1. The van der Waals surface area contributed by atoms with Crippen molar-refractivity contribution >= 4 is 0 Å². The smallest absolute Gasteiger partial charge is 0.0351 e. The Morgan fingerprint density at radius 3 is 1.96 bits per heavy atom. The molecular formula is C20H41N3O. The van der Waals surface area contributed by atoms with Gasteiger partial charge in [-0.2, -0.15) is 0 Å². The van der Waals surface area contributed by atoms with Gasteiger partial charge in [-0.15, -0.1) is 0 Å². The van der Waals surface area contributed by atoms with Crippen LogP contribution in [0.3, 0.4) is 0 Å². The summed E-state index contributed by atoms with van der Waals surface area (Å²) in [6.45, 7) is 16.3. The van der Waals surface area contributed by atoms with E-state index in [9.17, 15) is 0 Å². The van der Waals surface area contributed by atoms with Gasteiger partial charge in [0.15, 0.2) is 0 Å². The third-order valence-corrected chi connectivity index (χ3v) is 6.14. The van der Waals surface area contributed by atoms with Crippen LogP contribution in [0.2, 0.25) is 0 Å². The maximum absolute atomic E-state index is 4.25. The van der Waals surface area contributed by atoms with Crippen molar-refractivity contribution in [2.75, 3.05) is 60.0 Å². The molecule has 0 bridgehead atoms. The lowest BCUT2D eigenvalue weighted by molar-refractivity contribution is 0.0175. The topological polar surface area (TPSA) is 19.0 Å². The zero-order valence-electron chi connectivity index (χ0n) is 16.8. The third-order valence-electron chi connectivity index (χ3n) is 6.14. The van der Waals surface area contributed by atoms with Crippen molar-refractivity contribution in [3.8, 4) is 0 Å². The zero-order chi connectivity index (χ0) is 17.5. The van der Waals surface area contributed by atoms with Crippen molar-refractivity contribution in [2.45, 2.75) is 58.5 Å². The highest BCUT2D eigenvalue weighted by molar-refractivity contribution is 4.87. The lowest BCUT2D eigenvalue weighted by atomic mass is 9.86. The summed E-state index contributed by atoms with van der Waals surface area (Å²) in [6.07, 6.45) is 5.82. The fraction of sp³-hybridized carbons (Fsp3) is 1.00. The SMILES string of the molecule is CC1CCC(N2CCN(CC3CN(C(C)C)C3)CC2)CC1.COC. The molecular weight excluding hydrogens is 298 g/mol. The van der Waals surface area contributed by atoms with Crippen LogP contribution < -0.4 is 0 Å². The molecule has 3 fully saturated rings. The van der Waals surface area contributed by atoms with Gasteiger partial charge in [-0.3, -0.25) is 4.90 Å². The molecule has 0 unspecified atom stereocenters. The molecule has 0 aromatic heterocycles. The monoisotopic (exact) mass is 339 g/mol. The summed E-state index contributed by atoms with van der Waals surface area (Å²) in [5.41, 5.74) is 0. The van der Waals surface area contributed by atoms with Gasteiger partial charge in [-0.1, -0.05) is 6.92 Å². The molecule has 0 atom stereocenters. The molecule has 2 saturated heterocycles. The van der Waals surface area contributed by atoms with E-state index in [1.165, 1.54) is 71.5 Å². The molecule has 0 amide bonds. The minimum absolute atomic E-state index is 0.742. The fourth-order valence-electron chi connectivity index (χ4n) is 4.43. The average Bonchev–Trinajstić information content (AvgIpc) is 2.52. The van der Waals surface area contributed by atoms with Crippen LogP contribution in [0, 0.1) is 11.8 Å². The molecule has 0 aromatic rings. The number of nitrogens with zero attached hydrogens (tertiary/aromatic N) is 3. The summed E-state index contributed by atoms with van der Waals surface area (Å²) in [6, 6.07) is 1.65. The molecule has 0 spiro atoms. The van der Waals surface area contributed by atoms with Crippen LogP contribution in [0.15, 0.2) is 0 Å². The van der Waals surface area contributed by atoms with Crippen LogP contribution in [0.4, 0.5) is 0 Å². The second-order valence-corrected chi connectivity index (χ2v) is 8.57. The summed E-state index contributed by atoms with van der Waals surface area (Å²) >= 11 is 0. The average molecular weight is 340 g/mol. The standard InChI is InChI=1S/C18H35N3.C2H6O/c1-15(2)21-13-17(14-21)12-19-8-10-20(11-9-19)18-6-4-16(3)5-7-18;1-3-2/h15-18H,4-14H2,1-3H3;1-2H3. The molecule has 24 heavy (non-hydrogen) atoms. The molecule has 3 aliphatic rings. The number of rotatable bonds is 4. The predicted molar refractivity (Wildman–Crippen MR) is 103 cm³/mol. The third kappa shape index (κ3) is 5.98. The van der Waals surface area contributed by atoms with Crippen LogP contribution in [0.1, 0.15) is 46.5 Å². The van der Waals surface area contributed by atoms with E-state index in [4.69, 9.17) is 0 Å². The van der Waals surface area contributed by atoms with Gasteiger partial charge in [-0.25, -0.2) is 0 Å². The summed E-state index contributed by atoms with van der Waals surface area (Å²) in [5.74, 6) is 1.92. The molecule has 3 rings (SSSR count). The van der Waals surface area contributed by atoms with Crippen LogP contribution >= 0.6 is 0 Å². The highest BCUT2D eigenvalue weighted by Gasteiger charge is 2.32. The summed E-state index contributed by atoms with van der Waals surface area (Å²) in [5, 5.41) is 0. The Bertz CT molecular complexity index is 328. The molecule has 142 valence electrons. The van der Waals surface area contributed by atoms with Crippen LogP contribution in [-0.2, 0) is 4.74 Å². The van der Waals surface area contributed by atoms with Gasteiger partial charge >= 0.3 is 0 Å². The Balaban J connectivity index is 0.000000647. The highest BCUT2D eigenvalue weighted by Crippen LogP contribution is 2.28. The van der Waals surface area contributed by atoms with Crippen molar-refractivity contribution in [2.24, 2.45) is 11.8 Å². The predicted octanol–water partition coefficient (Wildman–Crippen LogP) is 2.79. The van der Waals surface area contributed by atoms with E-state index >= 15 is 0 Å². The normalized spacial score (nSPS) is 30.8. The lowest BCUT2D eigenvalue weighted by Crippen LogP contribution is -2.57. The van der Waals surface area contributed by atoms with Gasteiger partial charge in [0.25, 0.3) is 0 Å². The van der Waals surface area contributed by atoms with E-state index in [0.717, 1.165) is 23.9 Å². The van der Waals surface area contributed by atoms with Crippen molar-refractivity contribution in [1.29, 1.82) is 0 Å². The molecule has 2 aliphatic heterocycles. The summed E-state index contributed by atoms with van der Waals surface area (Å²) in [7, 11) is 3.25. The zero-order valence-corrected chi connectivity index (χ0v) is 16.8. The Labute approximate surface area is 150 Å². The molecule has 0 aromatic carbocycles. The number of ether oxygens (including phenoxy) is 1. The number of hydrogen-bond acceptors (Lipinski definition) is 4. The number of methoxy groups -OCH3 is 1. The van der Waals surface area contributed by atoms with E-state index in [1.807, 2.05) is 0 Å². The Hall–Kier alpha value is -0.160. The van der Waals surface area contributed by atoms with Crippen LogP contribution in [0.25, 0.3) is 0 Å². The maximum Gasteiger partial charge on any atom is 0.0351 e. The van der Waals surface area contributed by atoms with Gasteiger partial charge in [-0.05, 0) is 51.4 Å². The van der Waals surface area contributed by atoms with Gasteiger partial charge in [0.1, 0.15) is 0 Å². The van der Waals surface area contributed by atoms with E-state index in [-0.39, 0.29) is 0 Å². The first-order valence-electron chi connectivity index (χ1n) is 10.1. The maximum atomic E-state index is 4.25. The lowest BCUT2D eigenvalue weighted by Gasteiger charge is -2.46. The fourth-order valence-corrected chi connectivity index (χ4v) is 4.43. The first-order valence-corrected chi connectivity index (χ1v) is 10.1. The molecule has 4 heteroatoms. The number of likely N-dealkylation sites (tertiary alicyclic amines) is 1. The van der Waals surface area contributed by atoms with E-state index in [1.54, 1.807) is 14.2 Å². The second-order valence-electron chi connectivity index (χ2n) is 8.57. The summed E-state index contributed by atoms with van der Waals surface area (Å²) in [4.78, 5) is 8.12. The van der Waals surface area contributed by atoms with Gasteiger partial charge in [0, 0.05) is 72.1 Å². The number of piperazine rings is 1. The minimum atomic E-state index is 0.742. The number of hydrogen-bond donors (Lipinski definition) is 0. The largest absolute Gasteiger partial charge is 0.388 e. The van der Waals surface area contributed by atoms with E-state index < -0.39 is 0 Å². The van der Waals surface area contributed by atoms with Crippen molar-refractivity contribution in [3.63, 3.8) is 0 Å². The molecule has 4 nitrogen and oxygen atoms in total. The highest BCUT2D eigenvalue weighted by atomic mass is 16.4. The Kier molecular flexibility index (Phi) is 8.48. The van der Waals surface area contributed by atoms with Gasteiger partial charge in [0.05, 0.1) is 0 Å². The van der Waals surface area contributed by atoms with Crippen molar-refractivity contribution < 1.29 is 4.74 Å². The minimum Gasteiger partial charge on any atom is -0.388 e. The van der Waals surface area contributed by atoms with Crippen molar-refractivity contribution in [3.05, 3.63) is 0 Å². The van der Waals surface area contributed by atoms with E-state index in [2.05, 4.69) is 40.2 Å². The Morgan fingerprint density at radius 2 is 1.46 bits per heavy atom. The molecule has 2 heterocycles. The van der Waals surface area contributed by atoms with Crippen LogP contribution in [0.5, 0.6) is 0 Å². The van der Waals surface area contributed by atoms with Gasteiger partial charge < -0.3 is 14.5 Å². The molecule has 1 aliphatic carbocycles. The van der Waals surface area contributed by atoms with Crippen LogP contribution in [-0.4, -0.2) is 86.8 Å². The molecule has 0 N–H and O–H groups in total. The quantitative estimate of drug-likeness (QED) is 0.784. The summed E-state index contributed by atoms with van der Waals surface area (Å²) < 4.78 is 4.25. The first-order chi connectivity index (χ1) is 11.5. The molecule has 0 radical (unpaired) electrons. The van der Waals surface area contributed by atoms with Gasteiger partial charge in [0.2, 0.25) is 0 Å². The first kappa shape index (κ1) is 20.2. The van der Waals surface area contributed by atoms with E-state index in [0.29, 0.717) is 0 Å².